The molecule has 0 unspecified atom stereocenters. The molecule has 1 heterocycles. The number of halogens is 2. The minimum absolute atomic E-state index is 0.147. The summed E-state index contributed by atoms with van der Waals surface area (Å²) in [4.78, 5) is 0. The molecule has 2 nitrogen and oxygen atoms in total. The molecule has 0 aromatic heterocycles. The number of benzene rings is 1. The molecule has 21 heavy (non-hydrogen) atoms. The topological polar surface area (TPSA) is 18.5 Å². The zero-order valence-electron chi connectivity index (χ0n) is 12.0. The van der Waals surface area contributed by atoms with Gasteiger partial charge in [0.15, 0.2) is 11.5 Å². The molecule has 112 valence electrons. The Labute approximate surface area is 122 Å². The minimum atomic E-state index is -3.52. The van der Waals surface area contributed by atoms with Crippen LogP contribution < -0.4 is 9.47 Å². The van der Waals surface area contributed by atoms with E-state index in [9.17, 15) is 8.78 Å². The predicted molar refractivity (Wildman–Crippen MR) is 75.4 cm³/mol. The van der Waals surface area contributed by atoms with E-state index in [2.05, 4.69) is 22.5 Å². The Morgan fingerprint density at radius 1 is 1.05 bits per heavy atom. The van der Waals surface area contributed by atoms with Crippen molar-refractivity contribution in [2.45, 2.75) is 45.3 Å². The van der Waals surface area contributed by atoms with E-state index >= 15 is 0 Å². The van der Waals surface area contributed by atoms with Crippen LogP contribution >= 0.6 is 0 Å². The number of allylic oxidation sites excluding steroid dienone is 1. The maximum absolute atomic E-state index is 13.1. The molecule has 0 atom stereocenters. The molecule has 1 fully saturated rings. The van der Waals surface area contributed by atoms with Crippen molar-refractivity contribution in [3.05, 3.63) is 28.8 Å². The van der Waals surface area contributed by atoms with Gasteiger partial charge in [-0.05, 0) is 54.4 Å². The minimum Gasteiger partial charge on any atom is -0.395 e. The molecule has 0 N–H and O–H groups in total. The molecule has 4 heteroatoms. The van der Waals surface area contributed by atoms with Crippen LogP contribution in [0.3, 0.4) is 0 Å². The lowest BCUT2D eigenvalue weighted by Gasteiger charge is -2.27. The normalized spacial score (nSPS) is 29.2. The van der Waals surface area contributed by atoms with Gasteiger partial charge in [0.1, 0.15) is 0 Å². The summed E-state index contributed by atoms with van der Waals surface area (Å²) in [5.74, 6) is 1.78. The standard InChI is InChI=1S/C17H18F2O2/c1-10-2-4-11(5-3-10)12-6-13-8-15-16(9-14(13)7-12)21-17(18,19)20-15/h6,8-11H,2-5,7H2,1H3. The fourth-order valence-corrected chi connectivity index (χ4v) is 3.71. The number of hydrogen-bond donors (Lipinski definition) is 0. The maximum atomic E-state index is 13.1. The third kappa shape index (κ3) is 2.30. The summed E-state index contributed by atoms with van der Waals surface area (Å²) >= 11 is 0. The van der Waals surface area contributed by atoms with E-state index in [1.165, 1.54) is 31.3 Å². The largest absolute Gasteiger partial charge is 0.586 e. The number of alkyl halides is 2. The highest BCUT2D eigenvalue weighted by Crippen LogP contribution is 2.46. The third-order valence-corrected chi connectivity index (χ3v) is 4.94. The van der Waals surface area contributed by atoms with E-state index in [4.69, 9.17) is 0 Å². The van der Waals surface area contributed by atoms with Gasteiger partial charge in [0.25, 0.3) is 0 Å². The molecule has 0 amide bonds. The molecule has 1 aliphatic heterocycles. The first kappa shape index (κ1) is 13.1. The van der Waals surface area contributed by atoms with Gasteiger partial charge < -0.3 is 9.47 Å². The quantitative estimate of drug-likeness (QED) is 0.742. The van der Waals surface area contributed by atoms with Crippen molar-refractivity contribution >= 4 is 6.08 Å². The monoisotopic (exact) mass is 292 g/mol. The van der Waals surface area contributed by atoms with Gasteiger partial charge in [0, 0.05) is 0 Å². The Bertz CT molecular complexity index is 613. The van der Waals surface area contributed by atoms with Gasteiger partial charge in [-0.25, -0.2) is 0 Å². The molecule has 1 aromatic rings. The zero-order valence-corrected chi connectivity index (χ0v) is 12.0. The lowest BCUT2D eigenvalue weighted by Crippen LogP contribution is -2.25. The van der Waals surface area contributed by atoms with E-state index < -0.39 is 6.29 Å². The van der Waals surface area contributed by atoms with E-state index in [0.717, 1.165) is 23.5 Å². The van der Waals surface area contributed by atoms with Crippen LogP contribution in [0.1, 0.15) is 43.7 Å². The van der Waals surface area contributed by atoms with Gasteiger partial charge in [-0.2, -0.15) is 0 Å². The molecule has 2 aliphatic carbocycles. The Kier molecular flexibility index (Phi) is 2.78. The molecule has 0 spiro atoms. The van der Waals surface area contributed by atoms with Gasteiger partial charge in [0.2, 0.25) is 0 Å². The van der Waals surface area contributed by atoms with E-state index in [0.29, 0.717) is 5.92 Å². The Balaban J connectivity index is 1.57. The highest BCUT2D eigenvalue weighted by Gasteiger charge is 2.44. The third-order valence-electron chi connectivity index (χ3n) is 4.94. The molecular weight excluding hydrogens is 274 g/mol. The average molecular weight is 292 g/mol. The number of rotatable bonds is 1. The summed E-state index contributed by atoms with van der Waals surface area (Å²) in [6, 6.07) is 3.39. The number of fused-ring (bicyclic) bond motifs is 2. The maximum Gasteiger partial charge on any atom is 0.586 e. The first-order chi connectivity index (χ1) is 10.00. The highest BCUT2D eigenvalue weighted by atomic mass is 19.3. The smallest absolute Gasteiger partial charge is 0.395 e. The summed E-state index contributed by atoms with van der Waals surface area (Å²) in [7, 11) is 0. The van der Waals surface area contributed by atoms with Gasteiger partial charge in [-0.1, -0.05) is 31.4 Å². The Morgan fingerprint density at radius 3 is 2.43 bits per heavy atom. The van der Waals surface area contributed by atoms with Crippen molar-refractivity contribution < 1.29 is 18.3 Å². The van der Waals surface area contributed by atoms with Crippen LogP contribution in [-0.2, 0) is 6.42 Å². The van der Waals surface area contributed by atoms with E-state index in [1.807, 2.05) is 0 Å². The summed E-state index contributed by atoms with van der Waals surface area (Å²) < 4.78 is 35.2. The first-order valence-corrected chi connectivity index (χ1v) is 7.63. The van der Waals surface area contributed by atoms with Gasteiger partial charge in [-0.3, -0.25) is 0 Å². The van der Waals surface area contributed by atoms with Crippen LogP contribution in [0.25, 0.3) is 6.08 Å². The lowest BCUT2D eigenvalue weighted by molar-refractivity contribution is -0.286. The second kappa shape index (κ2) is 4.46. The highest BCUT2D eigenvalue weighted by molar-refractivity contribution is 5.68. The molecule has 3 aliphatic rings. The molecule has 4 rings (SSSR count). The van der Waals surface area contributed by atoms with Crippen LogP contribution in [0.5, 0.6) is 11.5 Å². The van der Waals surface area contributed by atoms with Gasteiger partial charge in [-0.15, -0.1) is 8.78 Å². The van der Waals surface area contributed by atoms with Gasteiger partial charge >= 0.3 is 6.29 Å². The number of hydrogen-bond acceptors (Lipinski definition) is 2. The molecule has 1 saturated carbocycles. The van der Waals surface area contributed by atoms with Crippen molar-refractivity contribution in [2.75, 3.05) is 0 Å². The van der Waals surface area contributed by atoms with Crippen LogP contribution in [0, 0.1) is 11.8 Å². The van der Waals surface area contributed by atoms with Crippen molar-refractivity contribution in [1.29, 1.82) is 0 Å². The average Bonchev–Trinajstić information content (AvgIpc) is 2.94. The molecule has 0 bridgehead atoms. The second-order valence-electron chi connectivity index (χ2n) is 6.52. The van der Waals surface area contributed by atoms with Crippen LogP contribution in [0.2, 0.25) is 0 Å². The fraction of sp³-hybridized carbons (Fsp3) is 0.529. The Morgan fingerprint density at radius 2 is 1.71 bits per heavy atom. The summed E-state index contributed by atoms with van der Waals surface area (Å²) in [5.41, 5.74) is 3.51. The predicted octanol–water partition coefficient (Wildman–Crippen LogP) is 4.77. The zero-order chi connectivity index (χ0) is 14.6. The molecule has 1 aromatic carbocycles. The summed E-state index contributed by atoms with van der Waals surface area (Å²) in [6.07, 6.45) is 4.55. The van der Waals surface area contributed by atoms with Crippen LogP contribution in [0.4, 0.5) is 8.78 Å². The molecule has 0 radical (unpaired) electrons. The van der Waals surface area contributed by atoms with Crippen LogP contribution in [-0.4, -0.2) is 6.29 Å². The summed E-state index contributed by atoms with van der Waals surface area (Å²) in [6.45, 7) is 2.31. The molecular formula is C17H18F2O2. The summed E-state index contributed by atoms with van der Waals surface area (Å²) in [5, 5.41) is 0. The van der Waals surface area contributed by atoms with Crippen LogP contribution in [0.15, 0.2) is 17.7 Å². The van der Waals surface area contributed by atoms with E-state index in [1.54, 1.807) is 12.1 Å². The first-order valence-electron chi connectivity index (χ1n) is 7.63. The van der Waals surface area contributed by atoms with Gasteiger partial charge in [0.05, 0.1) is 0 Å². The fourth-order valence-electron chi connectivity index (χ4n) is 3.71. The van der Waals surface area contributed by atoms with E-state index in [-0.39, 0.29) is 11.5 Å². The van der Waals surface area contributed by atoms with Crippen molar-refractivity contribution in [3.63, 3.8) is 0 Å². The number of ether oxygens (including phenoxy) is 2. The van der Waals surface area contributed by atoms with Crippen molar-refractivity contribution in [1.82, 2.24) is 0 Å². The molecule has 0 saturated heterocycles. The lowest BCUT2D eigenvalue weighted by atomic mass is 9.79. The van der Waals surface area contributed by atoms with Crippen molar-refractivity contribution in [3.8, 4) is 11.5 Å². The second-order valence-corrected chi connectivity index (χ2v) is 6.52. The SMILES string of the molecule is CC1CCC(C2=Cc3cc4c(cc3C2)OC(F)(F)O4)CC1. The van der Waals surface area contributed by atoms with Crippen molar-refractivity contribution in [2.24, 2.45) is 11.8 Å². The Hall–Kier alpha value is -1.58.